The zero-order valence-electron chi connectivity index (χ0n) is 13.9. The van der Waals surface area contributed by atoms with Crippen LogP contribution in [0.1, 0.15) is 15.9 Å². The van der Waals surface area contributed by atoms with E-state index >= 15 is 0 Å². The summed E-state index contributed by atoms with van der Waals surface area (Å²) in [6.07, 6.45) is 0. The zero-order chi connectivity index (χ0) is 18.1. The van der Waals surface area contributed by atoms with Gasteiger partial charge in [0, 0.05) is 17.2 Å². The second-order valence-electron chi connectivity index (χ2n) is 5.88. The Morgan fingerprint density at radius 1 is 1.08 bits per heavy atom. The molecule has 4 rings (SSSR count). The summed E-state index contributed by atoms with van der Waals surface area (Å²) in [5.41, 5.74) is 2.02. The number of amides is 1. The van der Waals surface area contributed by atoms with E-state index in [0.29, 0.717) is 11.4 Å². The third-order valence-electron chi connectivity index (χ3n) is 3.89. The summed E-state index contributed by atoms with van der Waals surface area (Å²) in [4.78, 5) is 31.3. The molecule has 0 saturated carbocycles. The third kappa shape index (κ3) is 2.98. The topological polar surface area (TPSA) is 92.1 Å². The van der Waals surface area contributed by atoms with Crippen LogP contribution in [0.25, 0.3) is 17.2 Å². The smallest absolute Gasteiger partial charge is 0.256 e. The Morgan fingerprint density at radius 2 is 1.88 bits per heavy atom. The van der Waals surface area contributed by atoms with E-state index in [1.54, 1.807) is 24.3 Å². The summed E-state index contributed by atoms with van der Waals surface area (Å²) in [6.45, 7) is 1.98. The molecular formula is C19H15N5O2. The lowest BCUT2D eigenvalue weighted by Crippen LogP contribution is -2.18. The molecule has 0 saturated heterocycles. The number of anilines is 1. The van der Waals surface area contributed by atoms with Crippen LogP contribution in [-0.2, 0) is 0 Å². The first-order valence-electron chi connectivity index (χ1n) is 8.04. The molecule has 2 heterocycles. The maximum absolute atomic E-state index is 12.4. The van der Waals surface area contributed by atoms with E-state index in [9.17, 15) is 9.59 Å². The van der Waals surface area contributed by atoms with Gasteiger partial charge in [0.25, 0.3) is 11.5 Å². The van der Waals surface area contributed by atoms with Crippen molar-refractivity contribution in [2.45, 2.75) is 6.92 Å². The van der Waals surface area contributed by atoms with Gasteiger partial charge in [0.15, 0.2) is 5.82 Å². The van der Waals surface area contributed by atoms with Crippen molar-refractivity contribution in [2.75, 3.05) is 5.32 Å². The number of H-pyrrole nitrogens is 1. The molecule has 0 aliphatic rings. The maximum atomic E-state index is 12.4. The molecule has 7 nitrogen and oxygen atoms in total. The Bertz CT molecular complexity index is 1160. The number of nitrogens with one attached hydrogen (secondary N) is 2. The third-order valence-corrected chi connectivity index (χ3v) is 3.89. The molecule has 2 N–H and O–H groups in total. The normalized spacial score (nSPS) is 10.8. The van der Waals surface area contributed by atoms with Gasteiger partial charge in [-0.15, -0.1) is 5.10 Å². The van der Waals surface area contributed by atoms with Crippen LogP contribution in [0.3, 0.4) is 0 Å². The Hall–Kier alpha value is -3.74. The highest BCUT2D eigenvalue weighted by Crippen LogP contribution is 2.18. The van der Waals surface area contributed by atoms with Gasteiger partial charge in [-0.3, -0.25) is 14.6 Å². The largest absolute Gasteiger partial charge is 0.306 e. The molecule has 26 heavy (non-hydrogen) atoms. The van der Waals surface area contributed by atoms with E-state index < -0.39 is 0 Å². The van der Waals surface area contributed by atoms with Crippen molar-refractivity contribution in [3.05, 3.63) is 82.1 Å². The van der Waals surface area contributed by atoms with Crippen molar-refractivity contribution in [2.24, 2.45) is 0 Å². The van der Waals surface area contributed by atoms with E-state index in [2.05, 4.69) is 20.4 Å². The molecule has 0 fully saturated rings. The molecule has 0 atom stereocenters. The van der Waals surface area contributed by atoms with Gasteiger partial charge in [-0.25, -0.2) is 0 Å². The molecule has 2 aromatic carbocycles. The Kier molecular flexibility index (Phi) is 3.81. The number of carbonyl (C=O) groups is 1. The SMILES string of the molecule is Cc1cccc(-c2nc3[nH]c(=O)cc(NC(=O)c4ccccc4)n3n2)c1. The minimum absolute atomic E-state index is 0.254. The van der Waals surface area contributed by atoms with Crippen molar-refractivity contribution in [3.8, 4) is 11.4 Å². The minimum atomic E-state index is -0.371. The van der Waals surface area contributed by atoms with Gasteiger partial charge in [0.05, 0.1) is 0 Å². The van der Waals surface area contributed by atoms with Crippen LogP contribution in [0, 0.1) is 6.92 Å². The molecule has 0 spiro atoms. The highest BCUT2D eigenvalue weighted by molar-refractivity contribution is 6.03. The van der Waals surface area contributed by atoms with Gasteiger partial charge < -0.3 is 5.32 Å². The van der Waals surface area contributed by atoms with E-state index in [4.69, 9.17) is 0 Å². The minimum Gasteiger partial charge on any atom is -0.306 e. The summed E-state index contributed by atoms with van der Waals surface area (Å²) in [5, 5.41) is 7.15. The first-order valence-corrected chi connectivity index (χ1v) is 8.04. The van der Waals surface area contributed by atoms with Crippen molar-refractivity contribution >= 4 is 17.5 Å². The van der Waals surface area contributed by atoms with Gasteiger partial charge >= 0.3 is 0 Å². The average molecular weight is 345 g/mol. The molecule has 0 bridgehead atoms. The molecule has 0 aliphatic carbocycles. The fourth-order valence-corrected chi connectivity index (χ4v) is 2.67. The Morgan fingerprint density at radius 3 is 2.65 bits per heavy atom. The first kappa shape index (κ1) is 15.8. The zero-order valence-corrected chi connectivity index (χ0v) is 13.9. The van der Waals surface area contributed by atoms with E-state index in [1.807, 2.05) is 37.3 Å². The van der Waals surface area contributed by atoms with Crippen molar-refractivity contribution in [1.29, 1.82) is 0 Å². The lowest BCUT2D eigenvalue weighted by Gasteiger charge is -2.06. The molecule has 7 heteroatoms. The molecule has 4 aromatic rings. The van der Waals surface area contributed by atoms with Gasteiger partial charge in [-0.2, -0.15) is 9.50 Å². The van der Waals surface area contributed by atoms with Crippen LogP contribution in [0.4, 0.5) is 5.82 Å². The predicted molar refractivity (Wildman–Crippen MR) is 98.2 cm³/mol. The van der Waals surface area contributed by atoms with Crippen LogP contribution in [0.5, 0.6) is 0 Å². The number of hydrogen-bond donors (Lipinski definition) is 2. The van der Waals surface area contributed by atoms with Gasteiger partial charge in [0.2, 0.25) is 5.78 Å². The Labute approximate surface area is 148 Å². The number of fused-ring (bicyclic) bond motifs is 1. The lowest BCUT2D eigenvalue weighted by molar-refractivity contribution is 0.102. The lowest BCUT2D eigenvalue weighted by atomic mass is 10.1. The number of hydrogen-bond acceptors (Lipinski definition) is 4. The number of aryl methyl sites for hydroxylation is 1. The highest BCUT2D eigenvalue weighted by atomic mass is 16.2. The molecule has 2 aromatic heterocycles. The fourth-order valence-electron chi connectivity index (χ4n) is 2.67. The average Bonchev–Trinajstić information content (AvgIpc) is 3.06. The van der Waals surface area contributed by atoms with Gasteiger partial charge in [-0.05, 0) is 25.1 Å². The van der Waals surface area contributed by atoms with Crippen molar-refractivity contribution < 1.29 is 4.79 Å². The second-order valence-corrected chi connectivity index (χ2v) is 5.88. The molecule has 1 amide bonds. The van der Waals surface area contributed by atoms with E-state index in [1.165, 1.54) is 10.6 Å². The van der Waals surface area contributed by atoms with E-state index in [-0.39, 0.29) is 23.1 Å². The number of nitrogens with zero attached hydrogens (tertiary/aromatic N) is 3. The highest BCUT2D eigenvalue weighted by Gasteiger charge is 2.13. The molecular weight excluding hydrogens is 330 g/mol. The van der Waals surface area contributed by atoms with Crippen LogP contribution in [-0.4, -0.2) is 25.5 Å². The van der Waals surface area contributed by atoms with Gasteiger partial charge in [-0.1, -0.05) is 42.0 Å². The standard InChI is InChI=1S/C19H15N5O2/c1-12-6-5-9-14(10-12)17-22-19-21-16(25)11-15(24(19)23-17)20-18(26)13-7-3-2-4-8-13/h2-11H,1H3,(H,20,26)(H,21,22,23,25). The fraction of sp³-hybridized carbons (Fsp3) is 0.0526. The number of rotatable bonds is 3. The van der Waals surface area contributed by atoms with Crippen LogP contribution in [0.15, 0.2) is 65.5 Å². The van der Waals surface area contributed by atoms with Crippen LogP contribution >= 0.6 is 0 Å². The van der Waals surface area contributed by atoms with Gasteiger partial charge in [0.1, 0.15) is 5.82 Å². The number of benzene rings is 2. The maximum Gasteiger partial charge on any atom is 0.256 e. The molecule has 0 radical (unpaired) electrons. The quantitative estimate of drug-likeness (QED) is 0.597. The monoisotopic (exact) mass is 345 g/mol. The summed E-state index contributed by atoms with van der Waals surface area (Å²) in [5.74, 6) is 0.650. The number of carbonyl (C=O) groups excluding carboxylic acids is 1. The summed E-state index contributed by atoms with van der Waals surface area (Å²) in [7, 11) is 0. The summed E-state index contributed by atoms with van der Waals surface area (Å²) in [6, 6.07) is 17.8. The van der Waals surface area contributed by atoms with Crippen LogP contribution < -0.4 is 10.9 Å². The molecule has 0 aliphatic heterocycles. The van der Waals surface area contributed by atoms with Crippen LogP contribution in [0.2, 0.25) is 0 Å². The number of aromatic nitrogens is 4. The molecule has 128 valence electrons. The first-order chi connectivity index (χ1) is 12.6. The summed E-state index contributed by atoms with van der Waals surface area (Å²) < 4.78 is 1.42. The Balaban J connectivity index is 1.77. The van der Waals surface area contributed by atoms with Crippen molar-refractivity contribution in [3.63, 3.8) is 0 Å². The van der Waals surface area contributed by atoms with E-state index in [0.717, 1.165) is 11.1 Å². The predicted octanol–water partition coefficient (Wildman–Crippen LogP) is 2.65. The molecule has 0 unspecified atom stereocenters. The van der Waals surface area contributed by atoms with Crippen molar-refractivity contribution in [1.82, 2.24) is 19.6 Å². The second kappa shape index (κ2) is 6.29. The summed E-state index contributed by atoms with van der Waals surface area (Å²) >= 11 is 0. The number of aromatic amines is 1.